The van der Waals surface area contributed by atoms with Crippen LogP contribution >= 0.6 is 0 Å². The third kappa shape index (κ3) is 2.33. The topological polar surface area (TPSA) is 40.6 Å². The molecule has 1 spiro atoms. The van der Waals surface area contributed by atoms with Gasteiger partial charge in [0, 0.05) is 43.6 Å². The number of carbonyl (C=O) groups excluding carboxylic acids is 2. The summed E-state index contributed by atoms with van der Waals surface area (Å²) in [5, 5.41) is 0. The van der Waals surface area contributed by atoms with Crippen molar-refractivity contribution in [2.75, 3.05) is 24.5 Å². The van der Waals surface area contributed by atoms with E-state index in [1.54, 1.807) is 19.1 Å². The number of rotatable bonds is 1. The number of piperidine rings is 1. The first kappa shape index (κ1) is 14.7. The van der Waals surface area contributed by atoms with Crippen LogP contribution in [0.4, 0.5) is 10.1 Å². The van der Waals surface area contributed by atoms with E-state index in [0.29, 0.717) is 19.6 Å². The number of carbonyl (C=O) groups is 2. The maximum Gasteiger partial charge on any atom is 0.230 e. The summed E-state index contributed by atoms with van der Waals surface area (Å²) >= 11 is 0. The van der Waals surface area contributed by atoms with Crippen LogP contribution in [0.3, 0.4) is 0 Å². The Bertz CT molecular complexity index is 676. The van der Waals surface area contributed by atoms with Crippen molar-refractivity contribution in [3.8, 4) is 0 Å². The first-order chi connectivity index (χ1) is 11.0. The predicted molar refractivity (Wildman–Crippen MR) is 84.6 cm³/mol. The molecule has 122 valence electrons. The summed E-state index contributed by atoms with van der Waals surface area (Å²) in [6.45, 7) is 3.57. The maximum absolute atomic E-state index is 13.8. The molecule has 2 fully saturated rings. The Hall–Kier alpha value is -1.91. The summed E-state index contributed by atoms with van der Waals surface area (Å²) in [5.74, 6) is 0.171. The van der Waals surface area contributed by atoms with Crippen LogP contribution in [0.25, 0.3) is 0 Å². The normalized spacial score (nSPS) is 22.3. The summed E-state index contributed by atoms with van der Waals surface area (Å²) in [5.41, 5.74) is 1.63. The van der Waals surface area contributed by atoms with Crippen molar-refractivity contribution in [2.45, 2.75) is 38.0 Å². The number of halogens is 1. The van der Waals surface area contributed by atoms with Gasteiger partial charge in [-0.15, -0.1) is 0 Å². The second-order valence-corrected chi connectivity index (χ2v) is 7.15. The summed E-state index contributed by atoms with van der Waals surface area (Å²) in [6, 6.07) is 4.78. The molecule has 0 bridgehead atoms. The molecule has 2 aliphatic heterocycles. The monoisotopic (exact) mass is 316 g/mol. The van der Waals surface area contributed by atoms with E-state index >= 15 is 0 Å². The third-order valence-corrected chi connectivity index (χ3v) is 5.64. The van der Waals surface area contributed by atoms with Crippen LogP contribution < -0.4 is 4.90 Å². The Morgan fingerprint density at radius 3 is 2.52 bits per heavy atom. The van der Waals surface area contributed by atoms with Crippen molar-refractivity contribution < 1.29 is 14.0 Å². The molecule has 23 heavy (non-hydrogen) atoms. The van der Waals surface area contributed by atoms with Gasteiger partial charge < -0.3 is 9.80 Å². The molecule has 0 aromatic heterocycles. The standard InChI is InChI=1S/C18H21FN2O2/c1-12(22)20-8-6-18(7-9-20)11-21(17(23)13-2-3-13)16-5-4-14(19)10-15(16)18/h4-5,10,13H,2-3,6-9,11H2,1H3. The highest BCUT2D eigenvalue weighted by atomic mass is 19.1. The van der Waals surface area contributed by atoms with E-state index in [1.165, 1.54) is 6.07 Å². The van der Waals surface area contributed by atoms with Gasteiger partial charge in [0.05, 0.1) is 0 Å². The molecule has 5 heteroatoms. The molecule has 4 nitrogen and oxygen atoms in total. The lowest BCUT2D eigenvalue weighted by Crippen LogP contribution is -2.47. The molecule has 1 aliphatic carbocycles. The fraction of sp³-hybridized carbons (Fsp3) is 0.556. The van der Waals surface area contributed by atoms with E-state index in [9.17, 15) is 14.0 Å². The molecule has 1 saturated heterocycles. The van der Waals surface area contributed by atoms with Crippen molar-refractivity contribution in [1.29, 1.82) is 0 Å². The summed E-state index contributed by atoms with van der Waals surface area (Å²) < 4.78 is 13.8. The number of likely N-dealkylation sites (tertiary alicyclic amines) is 1. The van der Waals surface area contributed by atoms with E-state index in [2.05, 4.69) is 0 Å². The summed E-state index contributed by atoms with van der Waals surface area (Å²) in [7, 11) is 0. The number of anilines is 1. The van der Waals surface area contributed by atoms with Crippen LogP contribution in [0.15, 0.2) is 18.2 Å². The Balaban J connectivity index is 1.68. The van der Waals surface area contributed by atoms with Crippen LogP contribution in [0.2, 0.25) is 0 Å². The smallest absolute Gasteiger partial charge is 0.230 e. The van der Waals surface area contributed by atoms with Crippen LogP contribution in [-0.2, 0) is 15.0 Å². The van der Waals surface area contributed by atoms with Crippen molar-refractivity contribution in [1.82, 2.24) is 4.90 Å². The third-order valence-electron chi connectivity index (χ3n) is 5.64. The van der Waals surface area contributed by atoms with Gasteiger partial charge in [-0.05, 0) is 49.4 Å². The highest BCUT2D eigenvalue weighted by molar-refractivity contribution is 5.99. The van der Waals surface area contributed by atoms with E-state index in [1.807, 2.05) is 9.80 Å². The zero-order valence-corrected chi connectivity index (χ0v) is 13.3. The highest BCUT2D eigenvalue weighted by Gasteiger charge is 2.48. The van der Waals surface area contributed by atoms with Crippen LogP contribution in [0, 0.1) is 11.7 Å². The molecule has 0 atom stereocenters. The fourth-order valence-corrected chi connectivity index (χ4v) is 4.07. The maximum atomic E-state index is 13.8. The quantitative estimate of drug-likeness (QED) is 0.798. The average molecular weight is 316 g/mol. The average Bonchev–Trinajstić information content (AvgIpc) is 3.33. The lowest BCUT2D eigenvalue weighted by atomic mass is 9.74. The Morgan fingerprint density at radius 1 is 1.22 bits per heavy atom. The molecule has 2 heterocycles. The minimum absolute atomic E-state index is 0.0863. The summed E-state index contributed by atoms with van der Waals surface area (Å²) in [6.07, 6.45) is 3.52. The second kappa shape index (κ2) is 5.05. The largest absolute Gasteiger partial charge is 0.343 e. The van der Waals surface area contributed by atoms with Crippen molar-refractivity contribution >= 4 is 17.5 Å². The van der Waals surface area contributed by atoms with Gasteiger partial charge in [0.25, 0.3) is 0 Å². The van der Waals surface area contributed by atoms with Crippen molar-refractivity contribution in [2.24, 2.45) is 5.92 Å². The molecule has 0 radical (unpaired) electrons. The molecule has 4 rings (SSSR count). The van der Waals surface area contributed by atoms with Crippen molar-refractivity contribution in [3.05, 3.63) is 29.6 Å². The lowest BCUT2D eigenvalue weighted by Gasteiger charge is -2.39. The van der Waals surface area contributed by atoms with E-state index in [4.69, 9.17) is 0 Å². The number of benzene rings is 1. The Kier molecular flexibility index (Phi) is 3.22. The summed E-state index contributed by atoms with van der Waals surface area (Å²) in [4.78, 5) is 27.9. The van der Waals surface area contributed by atoms with Gasteiger partial charge in [-0.1, -0.05) is 0 Å². The van der Waals surface area contributed by atoms with E-state index < -0.39 is 0 Å². The fourth-order valence-electron chi connectivity index (χ4n) is 4.07. The molecular formula is C18H21FN2O2. The SMILES string of the molecule is CC(=O)N1CCC2(CC1)CN(C(=O)C1CC1)c1ccc(F)cc12. The molecule has 1 aromatic rings. The number of hydrogen-bond donors (Lipinski definition) is 0. The zero-order valence-electron chi connectivity index (χ0n) is 13.3. The predicted octanol–water partition coefficient (Wildman–Crippen LogP) is 2.46. The number of nitrogens with zero attached hydrogens (tertiary/aromatic N) is 2. The van der Waals surface area contributed by atoms with Crippen LogP contribution in [0.1, 0.15) is 38.2 Å². The molecule has 1 aromatic carbocycles. The van der Waals surface area contributed by atoms with Gasteiger partial charge in [-0.25, -0.2) is 4.39 Å². The first-order valence-electron chi connectivity index (χ1n) is 8.37. The van der Waals surface area contributed by atoms with Crippen LogP contribution in [-0.4, -0.2) is 36.3 Å². The van der Waals surface area contributed by atoms with Gasteiger partial charge in [0.2, 0.25) is 11.8 Å². The first-order valence-corrected chi connectivity index (χ1v) is 8.37. The molecule has 0 unspecified atom stereocenters. The van der Waals surface area contributed by atoms with Gasteiger partial charge in [0.15, 0.2) is 0 Å². The van der Waals surface area contributed by atoms with E-state index in [-0.39, 0.29) is 29.0 Å². The van der Waals surface area contributed by atoms with Gasteiger partial charge >= 0.3 is 0 Å². The molecule has 3 aliphatic rings. The Morgan fingerprint density at radius 2 is 1.91 bits per heavy atom. The molecule has 0 N–H and O–H groups in total. The second-order valence-electron chi connectivity index (χ2n) is 7.15. The lowest BCUT2D eigenvalue weighted by molar-refractivity contribution is -0.130. The van der Waals surface area contributed by atoms with Gasteiger partial charge in [0.1, 0.15) is 5.82 Å². The van der Waals surface area contributed by atoms with E-state index in [0.717, 1.165) is 36.9 Å². The van der Waals surface area contributed by atoms with Crippen LogP contribution in [0.5, 0.6) is 0 Å². The number of fused-ring (bicyclic) bond motifs is 2. The zero-order chi connectivity index (χ0) is 16.2. The minimum Gasteiger partial charge on any atom is -0.343 e. The minimum atomic E-state index is -0.252. The highest BCUT2D eigenvalue weighted by Crippen LogP contribution is 2.48. The molecular weight excluding hydrogens is 295 g/mol. The Labute approximate surface area is 135 Å². The van der Waals surface area contributed by atoms with Gasteiger partial charge in [-0.3, -0.25) is 9.59 Å². The molecule has 2 amide bonds. The number of amides is 2. The van der Waals surface area contributed by atoms with Crippen molar-refractivity contribution in [3.63, 3.8) is 0 Å². The molecule has 1 saturated carbocycles. The van der Waals surface area contributed by atoms with Gasteiger partial charge in [-0.2, -0.15) is 0 Å². The number of hydrogen-bond acceptors (Lipinski definition) is 2.